The normalized spacial score (nSPS) is 11.1. The fraction of sp³-hybridized carbons (Fsp3) is 0.455. The van der Waals surface area contributed by atoms with Crippen LogP contribution in [0.25, 0.3) is 0 Å². The number of hydrogen-bond acceptors (Lipinski definition) is 3. The van der Waals surface area contributed by atoms with Crippen molar-refractivity contribution in [2.45, 2.75) is 58.3 Å². The zero-order valence-electron chi connectivity index (χ0n) is 15.4. The fourth-order valence-corrected chi connectivity index (χ4v) is 2.65. The van der Waals surface area contributed by atoms with Crippen LogP contribution in [0.5, 0.6) is 5.75 Å². The molecule has 2 aromatic rings. The molecule has 0 unspecified atom stereocenters. The molecular formula is C22H30N2O. The van der Waals surface area contributed by atoms with E-state index in [9.17, 15) is 0 Å². The lowest BCUT2D eigenvalue weighted by Crippen LogP contribution is -1.96. The summed E-state index contributed by atoms with van der Waals surface area (Å²) in [6, 6.07) is 17.6. The van der Waals surface area contributed by atoms with Gasteiger partial charge in [-0.2, -0.15) is 10.2 Å². The van der Waals surface area contributed by atoms with Crippen molar-refractivity contribution in [3.05, 3.63) is 54.6 Å². The molecule has 0 radical (unpaired) electrons. The molecule has 0 aliphatic heterocycles. The first-order valence-corrected chi connectivity index (χ1v) is 9.58. The van der Waals surface area contributed by atoms with Crippen molar-refractivity contribution < 1.29 is 4.74 Å². The van der Waals surface area contributed by atoms with Gasteiger partial charge in [-0.15, -0.1) is 0 Å². The largest absolute Gasteiger partial charge is 0.494 e. The second-order valence-corrected chi connectivity index (χ2v) is 6.35. The summed E-state index contributed by atoms with van der Waals surface area (Å²) in [6.45, 7) is 3.05. The molecule has 0 aliphatic rings. The summed E-state index contributed by atoms with van der Waals surface area (Å²) in [6.07, 6.45) is 10.5. The molecule has 25 heavy (non-hydrogen) atoms. The van der Waals surface area contributed by atoms with Crippen LogP contribution in [0.2, 0.25) is 0 Å². The molecule has 134 valence electrons. The first-order chi connectivity index (χ1) is 12.4. The molecule has 2 aromatic carbocycles. The molecule has 0 N–H and O–H groups in total. The Morgan fingerprint density at radius 2 is 1.20 bits per heavy atom. The van der Waals surface area contributed by atoms with Crippen LogP contribution in [-0.4, -0.2) is 6.61 Å². The molecule has 0 aromatic heterocycles. The second-order valence-electron chi connectivity index (χ2n) is 6.35. The molecule has 3 heteroatoms. The van der Waals surface area contributed by atoms with Crippen LogP contribution in [0.3, 0.4) is 0 Å². The average molecular weight is 338 g/mol. The van der Waals surface area contributed by atoms with Gasteiger partial charge in [0.05, 0.1) is 18.0 Å². The van der Waals surface area contributed by atoms with Gasteiger partial charge in [0.2, 0.25) is 0 Å². The molecule has 0 aliphatic carbocycles. The fourth-order valence-electron chi connectivity index (χ4n) is 2.65. The number of azo groups is 1. The van der Waals surface area contributed by atoms with E-state index < -0.39 is 0 Å². The van der Waals surface area contributed by atoms with E-state index in [-0.39, 0.29) is 0 Å². The molecule has 0 amide bonds. The van der Waals surface area contributed by atoms with Crippen molar-refractivity contribution in [1.82, 2.24) is 0 Å². The van der Waals surface area contributed by atoms with Gasteiger partial charge in [-0.3, -0.25) is 0 Å². The average Bonchev–Trinajstić information content (AvgIpc) is 2.67. The SMILES string of the molecule is CCCCCCCCCCOc1ccc(N=Nc2ccccc2)cc1. The first-order valence-electron chi connectivity index (χ1n) is 9.58. The highest BCUT2D eigenvalue weighted by atomic mass is 16.5. The van der Waals surface area contributed by atoms with Gasteiger partial charge in [0.25, 0.3) is 0 Å². The first kappa shape index (κ1) is 19.2. The van der Waals surface area contributed by atoms with Gasteiger partial charge >= 0.3 is 0 Å². The Morgan fingerprint density at radius 3 is 1.84 bits per heavy atom. The van der Waals surface area contributed by atoms with Gasteiger partial charge in [0.15, 0.2) is 0 Å². The van der Waals surface area contributed by atoms with E-state index in [0.29, 0.717) is 0 Å². The summed E-state index contributed by atoms with van der Waals surface area (Å²) < 4.78 is 5.80. The molecule has 0 spiro atoms. The maximum atomic E-state index is 5.80. The Kier molecular flexibility index (Phi) is 9.38. The highest BCUT2D eigenvalue weighted by molar-refractivity contribution is 5.42. The quantitative estimate of drug-likeness (QED) is 0.289. The number of ether oxygens (including phenoxy) is 1. The lowest BCUT2D eigenvalue weighted by molar-refractivity contribution is 0.304. The molecule has 0 heterocycles. The monoisotopic (exact) mass is 338 g/mol. The van der Waals surface area contributed by atoms with Gasteiger partial charge in [-0.1, -0.05) is 70.1 Å². The van der Waals surface area contributed by atoms with Gasteiger partial charge in [0, 0.05) is 0 Å². The van der Waals surface area contributed by atoms with Gasteiger partial charge in [0.1, 0.15) is 5.75 Å². The predicted octanol–water partition coefficient (Wildman–Crippen LogP) is 7.62. The number of benzene rings is 2. The maximum Gasteiger partial charge on any atom is 0.119 e. The van der Waals surface area contributed by atoms with Crippen molar-refractivity contribution in [1.29, 1.82) is 0 Å². The molecule has 3 nitrogen and oxygen atoms in total. The Labute approximate surface area is 152 Å². The number of hydrogen-bond donors (Lipinski definition) is 0. The Bertz CT molecular complexity index is 593. The number of nitrogens with zero attached hydrogens (tertiary/aromatic N) is 2. The van der Waals surface area contributed by atoms with Crippen molar-refractivity contribution in [3.63, 3.8) is 0 Å². The lowest BCUT2D eigenvalue weighted by atomic mass is 10.1. The molecule has 0 bridgehead atoms. The zero-order chi connectivity index (χ0) is 17.6. The predicted molar refractivity (Wildman–Crippen MR) is 105 cm³/mol. The molecule has 2 rings (SSSR count). The van der Waals surface area contributed by atoms with E-state index >= 15 is 0 Å². The van der Waals surface area contributed by atoms with E-state index in [1.165, 1.54) is 44.9 Å². The van der Waals surface area contributed by atoms with Crippen molar-refractivity contribution in [2.75, 3.05) is 6.61 Å². The summed E-state index contributed by atoms with van der Waals surface area (Å²) in [5, 5.41) is 8.45. The summed E-state index contributed by atoms with van der Waals surface area (Å²) >= 11 is 0. The topological polar surface area (TPSA) is 34.0 Å². The van der Waals surface area contributed by atoms with Crippen LogP contribution < -0.4 is 4.74 Å². The van der Waals surface area contributed by atoms with E-state index in [2.05, 4.69) is 17.2 Å². The van der Waals surface area contributed by atoms with E-state index in [4.69, 9.17) is 4.74 Å². The third kappa shape index (κ3) is 8.48. The van der Waals surface area contributed by atoms with Gasteiger partial charge in [-0.05, 0) is 42.8 Å². The van der Waals surface area contributed by atoms with Crippen LogP contribution in [0.4, 0.5) is 11.4 Å². The van der Waals surface area contributed by atoms with Crippen LogP contribution in [0.15, 0.2) is 64.8 Å². The molecule has 0 atom stereocenters. The van der Waals surface area contributed by atoms with Crippen molar-refractivity contribution in [3.8, 4) is 5.75 Å². The zero-order valence-corrected chi connectivity index (χ0v) is 15.4. The Morgan fingerprint density at radius 1 is 0.640 bits per heavy atom. The molecule has 0 saturated heterocycles. The van der Waals surface area contributed by atoms with Crippen molar-refractivity contribution in [2.24, 2.45) is 10.2 Å². The minimum absolute atomic E-state index is 0.792. The van der Waals surface area contributed by atoms with Gasteiger partial charge in [-0.25, -0.2) is 0 Å². The minimum Gasteiger partial charge on any atom is -0.494 e. The van der Waals surface area contributed by atoms with Gasteiger partial charge < -0.3 is 4.74 Å². The summed E-state index contributed by atoms with van der Waals surface area (Å²) in [7, 11) is 0. The van der Waals surface area contributed by atoms with Crippen LogP contribution in [0, 0.1) is 0 Å². The summed E-state index contributed by atoms with van der Waals surface area (Å²) in [5.74, 6) is 0.904. The number of unbranched alkanes of at least 4 members (excludes halogenated alkanes) is 7. The van der Waals surface area contributed by atoms with E-state index in [1.807, 2.05) is 54.6 Å². The summed E-state index contributed by atoms with van der Waals surface area (Å²) in [4.78, 5) is 0. The summed E-state index contributed by atoms with van der Waals surface area (Å²) in [5.41, 5.74) is 1.70. The van der Waals surface area contributed by atoms with Crippen LogP contribution in [-0.2, 0) is 0 Å². The van der Waals surface area contributed by atoms with Crippen LogP contribution in [0.1, 0.15) is 58.3 Å². The smallest absolute Gasteiger partial charge is 0.119 e. The highest BCUT2D eigenvalue weighted by Crippen LogP contribution is 2.21. The molecule has 0 fully saturated rings. The molecular weight excluding hydrogens is 308 g/mol. The van der Waals surface area contributed by atoms with Crippen LogP contribution >= 0.6 is 0 Å². The maximum absolute atomic E-state index is 5.80. The Hall–Kier alpha value is -2.16. The molecule has 0 saturated carbocycles. The lowest BCUT2D eigenvalue weighted by Gasteiger charge is -2.06. The third-order valence-corrected chi connectivity index (χ3v) is 4.14. The number of rotatable bonds is 12. The Balaban J connectivity index is 1.60. The minimum atomic E-state index is 0.792. The second kappa shape index (κ2) is 12.2. The van der Waals surface area contributed by atoms with Crippen molar-refractivity contribution >= 4 is 11.4 Å². The van der Waals surface area contributed by atoms with E-state index in [0.717, 1.165) is 30.2 Å². The highest BCUT2D eigenvalue weighted by Gasteiger charge is 1.96. The third-order valence-electron chi connectivity index (χ3n) is 4.14. The van der Waals surface area contributed by atoms with E-state index in [1.54, 1.807) is 0 Å². The standard InChI is InChI=1S/C22H30N2O/c1-2-3-4-5-6-7-8-12-19-25-22-17-15-21(16-18-22)24-23-20-13-10-9-11-14-20/h9-11,13-18H,2-8,12,19H2,1H3.